The van der Waals surface area contributed by atoms with Crippen molar-refractivity contribution in [3.8, 4) is 0 Å². The first-order chi connectivity index (χ1) is 9.06. The van der Waals surface area contributed by atoms with Crippen LogP contribution in [-0.2, 0) is 6.42 Å². The van der Waals surface area contributed by atoms with Gasteiger partial charge in [-0.1, -0.05) is 6.07 Å². The fraction of sp³-hybridized carbons (Fsp3) is 0.214. The summed E-state index contributed by atoms with van der Waals surface area (Å²) in [7, 11) is 0. The number of hydrogen-bond donors (Lipinski definition) is 2. The Balaban J connectivity index is 2.02. The van der Waals surface area contributed by atoms with E-state index in [1.165, 1.54) is 4.88 Å². The highest BCUT2D eigenvalue weighted by Gasteiger charge is 2.13. The number of nitrogens with two attached hydrogens (primary N) is 1. The van der Waals surface area contributed by atoms with Gasteiger partial charge in [0, 0.05) is 27.5 Å². The molecule has 5 heteroatoms. The van der Waals surface area contributed by atoms with Crippen LogP contribution >= 0.6 is 27.3 Å². The Morgan fingerprint density at radius 2 is 2.26 bits per heavy atom. The average Bonchev–Trinajstić information content (AvgIpc) is 2.84. The quantitative estimate of drug-likeness (QED) is 0.839. The Bertz CT molecular complexity index is 569. The summed E-state index contributed by atoms with van der Waals surface area (Å²) in [6, 6.07) is 9.40. The van der Waals surface area contributed by atoms with Crippen molar-refractivity contribution in [2.45, 2.75) is 19.4 Å². The average molecular weight is 339 g/mol. The van der Waals surface area contributed by atoms with Crippen LogP contribution in [0, 0.1) is 0 Å². The number of hydrogen-bond acceptors (Lipinski definition) is 3. The molecule has 0 spiro atoms. The summed E-state index contributed by atoms with van der Waals surface area (Å²) in [5, 5.41) is 5.02. The standard InChI is InChI=1S/C14H15BrN2OS/c1-9(7-11-3-2-6-19-11)17-14(18)12-8-10(16)4-5-13(12)15/h2-6,8-9H,7,16H2,1H3,(H,17,18). The number of nitrogens with one attached hydrogen (secondary N) is 1. The van der Waals surface area contributed by atoms with E-state index in [-0.39, 0.29) is 11.9 Å². The van der Waals surface area contributed by atoms with Crippen LogP contribution in [0.15, 0.2) is 40.2 Å². The Hall–Kier alpha value is -1.33. The van der Waals surface area contributed by atoms with Gasteiger partial charge in [-0.2, -0.15) is 0 Å². The molecule has 0 aliphatic rings. The van der Waals surface area contributed by atoms with Crippen molar-refractivity contribution in [1.29, 1.82) is 0 Å². The van der Waals surface area contributed by atoms with E-state index in [2.05, 4.69) is 27.3 Å². The van der Waals surface area contributed by atoms with Crippen LogP contribution in [0.4, 0.5) is 5.69 Å². The van der Waals surface area contributed by atoms with Crippen molar-refractivity contribution in [3.63, 3.8) is 0 Å². The van der Waals surface area contributed by atoms with Crippen molar-refractivity contribution in [3.05, 3.63) is 50.6 Å². The van der Waals surface area contributed by atoms with Crippen LogP contribution in [0.5, 0.6) is 0 Å². The topological polar surface area (TPSA) is 55.1 Å². The summed E-state index contributed by atoms with van der Waals surface area (Å²) in [5.74, 6) is -0.108. The van der Waals surface area contributed by atoms with E-state index >= 15 is 0 Å². The summed E-state index contributed by atoms with van der Waals surface area (Å²) in [5.41, 5.74) is 6.86. The molecule has 2 aromatic rings. The van der Waals surface area contributed by atoms with Gasteiger partial charge >= 0.3 is 0 Å². The third kappa shape index (κ3) is 3.81. The summed E-state index contributed by atoms with van der Waals surface area (Å²) in [4.78, 5) is 13.4. The van der Waals surface area contributed by atoms with Gasteiger partial charge < -0.3 is 11.1 Å². The molecule has 2 rings (SSSR count). The van der Waals surface area contributed by atoms with E-state index in [4.69, 9.17) is 5.73 Å². The summed E-state index contributed by atoms with van der Waals surface area (Å²) >= 11 is 5.07. The van der Waals surface area contributed by atoms with E-state index in [0.29, 0.717) is 11.3 Å². The number of rotatable bonds is 4. The zero-order chi connectivity index (χ0) is 13.8. The number of carbonyl (C=O) groups excluding carboxylic acids is 1. The zero-order valence-electron chi connectivity index (χ0n) is 10.5. The minimum absolute atomic E-state index is 0.0829. The van der Waals surface area contributed by atoms with Gasteiger partial charge in [-0.05, 0) is 52.5 Å². The van der Waals surface area contributed by atoms with Gasteiger partial charge in [0.1, 0.15) is 0 Å². The predicted molar refractivity (Wildman–Crippen MR) is 83.5 cm³/mol. The molecule has 0 saturated carbocycles. The SMILES string of the molecule is CC(Cc1cccs1)NC(=O)c1cc(N)ccc1Br. The molecular formula is C14H15BrN2OS. The number of halogens is 1. The highest BCUT2D eigenvalue weighted by Crippen LogP contribution is 2.20. The lowest BCUT2D eigenvalue weighted by molar-refractivity contribution is 0.0939. The zero-order valence-corrected chi connectivity index (χ0v) is 12.9. The summed E-state index contributed by atoms with van der Waals surface area (Å²) in [6.45, 7) is 2.00. The van der Waals surface area contributed by atoms with Gasteiger partial charge in [0.2, 0.25) is 0 Å². The maximum Gasteiger partial charge on any atom is 0.252 e. The molecule has 0 aliphatic heterocycles. The molecule has 0 saturated heterocycles. The van der Waals surface area contributed by atoms with Crippen molar-refractivity contribution >= 4 is 38.9 Å². The molecule has 3 nitrogen and oxygen atoms in total. The lowest BCUT2D eigenvalue weighted by Crippen LogP contribution is -2.34. The second kappa shape index (κ2) is 6.21. The molecule has 0 fully saturated rings. The number of thiophene rings is 1. The van der Waals surface area contributed by atoms with Crippen LogP contribution in [0.2, 0.25) is 0 Å². The van der Waals surface area contributed by atoms with Crippen LogP contribution in [0.3, 0.4) is 0 Å². The first-order valence-electron chi connectivity index (χ1n) is 5.94. The molecule has 0 radical (unpaired) electrons. The Morgan fingerprint density at radius 3 is 2.95 bits per heavy atom. The van der Waals surface area contributed by atoms with Gasteiger partial charge in [-0.3, -0.25) is 4.79 Å². The van der Waals surface area contributed by atoms with Crippen LogP contribution in [0.25, 0.3) is 0 Å². The molecule has 100 valence electrons. The fourth-order valence-electron chi connectivity index (χ4n) is 1.80. The number of nitrogen functional groups attached to an aromatic ring is 1. The number of carbonyl (C=O) groups is 1. The summed E-state index contributed by atoms with van der Waals surface area (Å²) in [6.07, 6.45) is 0.837. The first-order valence-corrected chi connectivity index (χ1v) is 7.62. The van der Waals surface area contributed by atoms with Crippen LogP contribution in [-0.4, -0.2) is 11.9 Å². The van der Waals surface area contributed by atoms with Crippen LogP contribution < -0.4 is 11.1 Å². The fourth-order valence-corrected chi connectivity index (χ4v) is 3.06. The Labute approximate surface area is 125 Å². The lowest BCUT2D eigenvalue weighted by atomic mass is 10.1. The molecule has 1 atom stereocenters. The second-order valence-corrected chi connectivity index (χ2v) is 6.28. The largest absolute Gasteiger partial charge is 0.399 e. The van der Waals surface area contributed by atoms with Crippen molar-refractivity contribution in [1.82, 2.24) is 5.32 Å². The molecule has 1 amide bonds. The number of benzene rings is 1. The van der Waals surface area contributed by atoms with E-state index in [1.807, 2.05) is 18.4 Å². The molecule has 0 bridgehead atoms. The molecule has 1 aromatic carbocycles. The molecule has 1 heterocycles. The summed E-state index contributed by atoms with van der Waals surface area (Å²) < 4.78 is 0.752. The molecule has 19 heavy (non-hydrogen) atoms. The molecular weight excluding hydrogens is 324 g/mol. The van der Waals surface area contributed by atoms with Gasteiger partial charge in [0.25, 0.3) is 5.91 Å². The van der Waals surface area contributed by atoms with Crippen LogP contribution in [0.1, 0.15) is 22.2 Å². The van der Waals surface area contributed by atoms with E-state index in [0.717, 1.165) is 10.9 Å². The Kier molecular flexibility index (Phi) is 4.61. The molecule has 1 unspecified atom stereocenters. The maximum atomic E-state index is 12.2. The van der Waals surface area contributed by atoms with Gasteiger partial charge in [0.05, 0.1) is 5.56 Å². The second-order valence-electron chi connectivity index (χ2n) is 4.40. The smallest absolute Gasteiger partial charge is 0.252 e. The number of amides is 1. The van der Waals surface area contributed by atoms with Crippen molar-refractivity contribution in [2.24, 2.45) is 0 Å². The molecule has 1 aromatic heterocycles. The Morgan fingerprint density at radius 1 is 1.47 bits per heavy atom. The van der Waals surface area contributed by atoms with Crippen molar-refractivity contribution in [2.75, 3.05) is 5.73 Å². The number of anilines is 1. The monoisotopic (exact) mass is 338 g/mol. The van der Waals surface area contributed by atoms with Gasteiger partial charge in [-0.15, -0.1) is 11.3 Å². The van der Waals surface area contributed by atoms with Crippen molar-refractivity contribution < 1.29 is 4.79 Å². The van der Waals surface area contributed by atoms with E-state index in [9.17, 15) is 4.79 Å². The molecule has 3 N–H and O–H groups in total. The highest BCUT2D eigenvalue weighted by atomic mass is 79.9. The normalized spacial score (nSPS) is 12.1. The minimum Gasteiger partial charge on any atom is -0.399 e. The third-order valence-corrected chi connectivity index (χ3v) is 4.29. The van der Waals surface area contributed by atoms with E-state index in [1.54, 1.807) is 29.5 Å². The predicted octanol–water partition coefficient (Wildman–Crippen LogP) is 3.45. The highest BCUT2D eigenvalue weighted by molar-refractivity contribution is 9.10. The lowest BCUT2D eigenvalue weighted by Gasteiger charge is -2.14. The maximum absolute atomic E-state index is 12.2. The minimum atomic E-state index is -0.108. The van der Waals surface area contributed by atoms with Gasteiger partial charge in [0.15, 0.2) is 0 Å². The van der Waals surface area contributed by atoms with Gasteiger partial charge in [-0.25, -0.2) is 0 Å². The molecule has 0 aliphatic carbocycles. The first kappa shape index (κ1) is 14.1. The van der Waals surface area contributed by atoms with E-state index < -0.39 is 0 Å². The third-order valence-electron chi connectivity index (χ3n) is 2.70.